The molecule has 0 spiro atoms. The van der Waals surface area contributed by atoms with Crippen molar-refractivity contribution < 1.29 is 19.0 Å². The van der Waals surface area contributed by atoms with E-state index in [9.17, 15) is 9.18 Å². The maximum Gasteiger partial charge on any atom is 0.313 e. The molecule has 0 bridgehead atoms. The lowest BCUT2D eigenvalue weighted by molar-refractivity contribution is -0.133. The Morgan fingerprint density at radius 2 is 2.30 bits per heavy atom. The highest BCUT2D eigenvalue weighted by Crippen LogP contribution is 2.26. The summed E-state index contributed by atoms with van der Waals surface area (Å²) >= 11 is 1.09. The Morgan fingerprint density at radius 1 is 1.55 bits per heavy atom. The van der Waals surface area contributed by atoms with E-state index in [4.69, 9.17) is 9.84 Å². The summed E-state index contributed by atoms with van der Waals surface area (Å²) in [6, 6.07) is 4.55. The van der Waals surface area contributed by atoms with Crippen molar-refractivity contribution in [2.75, 3.05) is 12.9 Å². The van der Waals surface area contributed by atoms with Crippen LogP contribution in [0.4, 0.5) is 4.39 Å². The molecule has 0 amide bonds. The van der Waals surface area contributed by atoms with Crippen LogP contribution >= 0.6 is 11.8 Å². The summed E-state index contributed by atoms with van der Waals surface area (Å²) in [5.74, 6) is -1.35. The van der Waals surface area contributed by atoms with Crippen LogP contribution in [0.25, 0.3) is 5.69 Å². The molecule has 2 rings (SSSR count). The van der Waals surface area contributed by atoms with Gasteiger partial charge in [0.1, 0.15) is 0 Å². The predicted molar refractivity (Wildman–Crippen MR) is 73.2 cm³/mol. The molecule has 1 N–H and O–H groups in total. The molecule has 20 heavy (non-hydrogen) atoms. The van der Waals surface area contributed by atoms with Crippen LogP contribution in [0.5, 0.6) is 5.75 Å². The summed E-state index contributed by atoms with van der Waals surface area (Å²) in [4.78, 5) is 14.8. The number of carbonyl (C=O) groups is 1. The van der Waals surface area contributed by atoms with Gasteiger partial charge < -0.3 is 9.84 Å². The summed E-state index contributed by atoms with van der Waals surface area (Å²) < 4.78 is 20.3. The number of nitrogens with zero attached hydrogens (tertiary/aromatic N) is 2. The molecule has 0 radical (unpaired) electrons. The van der Waals surface area contributed by atoms with Crippen molar-refractivity contribution in [3.05, 3.63) is 35.9 Å². The maximum atomic E-state index is 13.8. The van der Waals surface area contributed by atoms with Gasteiger partial charge >= 0.3 is 5.97 Å². The van der Waals surface area contributed by atoms with Gasteiger partial charge in [0.15, 0.2) is 16.7 Å². The SMILES string of the molecule is COc1ccc(-n2c(C)cnc2SCC(=O)O)cc1F. The lowest BCUT2D eigenvalue weighted by Gasteiger charge is -2.10. The highest BCUT2D eigenvalue weighted by Gasteiger charge is 2.13. The smallest absolute Gasteiger partial charge is 0.313 e. The second kappa shape index (κ2) is 5.96. The molecule has 0 aliphatic carbocycles. The van der Waals surface area contributed by atoms with E-state index >= 15 is 0 Å². The normalized spacial score (nSPS) is 10.6. The molecule has 1 aromatic carbocycles. The minimum atomic E-state index is -0.928. The summed E-state index contributed by atoms with van der Waals surface area (Å²) in [5, 5.41) is 9.23. The number of hydrogen-bond acceptors (Lipinski definition) is 4. The van der Waals surface area contributed by atoms with Crippen LogP contribution in [0.15, 0.2) is 29.6 Å². The summed E-state index contributed by atoms with van der Waals surface area (Å²) in [6.07, 6.45) is 1.62. The molecule has 0 saturated heterocycles. The summed E-state index contributed by atoms with van der Waals surface area (Å²) in [5.41, 5.74) is 1.37. The molecule has 2 aromatic rings. The van der Waals surface area contributed by atoms with Crippen LogP contribution in [0.3, 0.4) is 0 Å². The van der Waals surface area contributed by atoms with Crippen molar-refractivity contribution in [2.24, 2.45) is 0 Å². The van der Waals surface area contributed by atoms with Gasteiger partial charge in [0.25, 0.3) is 0 Å². The van der Waals surface area contributed by atoms with E-state index in [1.54, 1.807) is 16.8 Å². The molecule has 5 nitrogen and oxygen atoms in total. The van der Waals surface area contributed by atoms with Crippen molar-refractivity contribution in [1.29, 1.82) is 0 Å². The van der Waals surface area contributed by atoms with Crippen LogP contribution in [0.1, 0.15) is 5.69 Å². The summed E-state index contributed by atoms with van der Waals surface area (Å²) in [7, 11) is 1.40. The number of imidazole rings is 1. The molecule has 0 unspecified atom stereocenters. The number of hydrogen-bond donors (Lipinski definition) is 1. The number of halogens is 1. The van der Waals surface area contributed by atoms with Crippen LogP contribution in [0, 0.1) is 12.7 Å². The molecule has 7 heteroatoms. The zero-order chi connectivity index (χ0) is 14.7. The van der Waals surface area contributed by atoms with E-state index in [2.05, 4.69) is 4.98 Å². The van der Waals surface area contributed by atoms with Crippen LogP contribution in [0.2, 0.25) is 0 Å². The molecule has 0 aliphatic heterocycles. The highest BCUT2D eigenvalue weighted by molar-refractivity contribution is 7.99. The number of aromatic nitrogens is 2. The quantitative estimate of drug-likeness (QED) is 0.859. The number of rotatable bonds is 5. The van der Waals surface area contributed by atoms with E-state index in [1.165, 1.54) is 19.2 Å². The third-order valence-corrected chi connectivity index (χ3v) is 3.56. The van der Waals surface area contributed by atoms with Gasteiger partial charge in [-0.15, -0.1) is 0 Å². The lowest BCUT2D eigenvalue weighted by Crippen LogP contribution is -2.03. The van der Waals surface area contributed by atoms with E-state index in [0.29, 0.717) is 10.8 Å². The highest BCUT2D eigenvalue weighted by atomic mass is 32.2. The third-order valence-electron chi connectivity index (χ3n) is 2.62. The first-order valence-corrected chi connectivity index (χ1v) is 6.74. The standard InChI is InChI=1S/C13H13FN2O3S/c1-8-6-15-13(20-7-12(17)18)16(8)9-3-4-11(19-2)10(14)5-9/h3-6H,7H2,1-2H3,(H,17,18). The van der Waals surface area contributed by atoms with Crippen molar-refractivity contribution in [3.8, 4) is 11.4 Å². The van der Waals surface area contributed by atoms with Gasteiger partial charge in [-0.25, -0.2) is 9.37 Å². The minimum absolute atomic E-state index is 0.102. The molecule has 1 aromatic heterocycles. The maximum absolute atomic E-state index is 13.8. The molecule has 0 fully saturated rings. The van der Waals surface area contributed by atoms with E-state index in [0.717, 1.165) is 17.5 Å². The fourth-order valence-corrected chi connectivity index (χ4v) is 2.51. The lowest BCUT2D eigenvalue weighted by atomic mass is 10.3. The molecule has 1 heterocycles. The number of carboxylic acids is 1. The van der Waals surface area contributed by atoms with Crippen LogP contribution < -0.4 is 4.74 Å². The second-order valence-electron chi connectivity index (χ2n) is 4.02. The molecular formula is C13H13FN2O3S. The molecular weight excluding hydrogens is 283 g/mol. The van der Waals surface area contributed by atoms with Gasteiger partial charge in [0.2, 0.25) is 0 Å². The fourth-order valence-electron chi connectivity index (χ4n) is 1.75. The van der Waals surface area contributed by atoms with Gasteiger partial charge in [-0.05, 0) is 19.1 Å². The van der Waals surface area contributed by atoms with E-state index < -0.39 is 11.8 Å². The van der Waals surface area contributed by atoms with Gasteiger partial charge in [0.05, 0.1) is 18.6 Å². The van der Waals surface area contributed by atoms with Crippen LogP contribution in [-0.4, -0.2) is 33.5 Å². The van der Waals surface area contributed by atoms with Crippen LogP contribution in [-0.2, 0) is 4.79 Å². The number of methoxy groups -OCH3 is 1. The molecule has 0 atom stereocenters. The number of benzene rings is 1. The molecule has 0 aliphatic rings. The Balaban J connectivity index is 2.39. The van der Waals surface area contributed by atoms with E-state index in [1.807, 2.05) is 6.92 Å². The van der Waals surface area contributed by atoms with Gasteiger partial charge in [-0.1, -0.05) is 11.8 Å². The second-order valence-corrected chi connectivity index (χ2v) is 4.96. The van der Waals surface area contributed by atoms with Gasteiger partial charge in [-0.3, -0.25) is 9.36 Å². The topological polar surface area (TPSA) is 64.4 Å². The number of thioether (sulfide) groups is 1. The zero-order valence-electron chi connectivity index (χ0n) is 11.0. The Labute approximate surface area is 119 Å². The van der Waals surface area contributed by atoms with Crippen molar-refractivity contribution >= 4 is 17.7 Å². The van der Waals surface area contributed by atoms with E-state index in [-0.39, 0.29) is 11.5 Å². The first kappa shape index (κ1) is 14.4. The first-order chi connectivity index (χ1) is 9.52. The average Bonchev–Trinajstić information content (AvgIpc) is 2.77. The number of aliphatic carboxylic acids is 1. The predicted octanol–water partition coefficient (Wildman–Crippen LogP) is 2.51. The van der Waals surface area contributed by atoms with Crippen molar-refractivity contribution in [1.82, 2.24) is 9.55 Å². The number of ether oxygens (including phenoxy) is 1. The zero-order valence-corrected chi connectivity index (χ0v) is 11.8. The molecule has 0 saturated carbocycles. The Hall–Kier alpha value is -2.02. The largest absolute Gasteiger partial charge is 0.494 e. The first-order valence-electron chi connectivity index (χ1n) is 5.75. The van der Waals surface area contributed by atoms with Crippen molar-refractivity contribution in [2.45, 2.75) is 12.1 Å². The van der Waals surface area contributed by atoms with Gasteiger partial charge in [-0.2, -0.15) is 0 Å². The average molecular weight is 296 g/mol. The van der Waals surface area contributed by atoms with Gasteiger partial charge in [0, 0.05) is 18.0 Å². The summed E-state index contributed by atoms with van der Waals surface area (Å²) in [6.45, 7) is 1.82. The Kier molecular flexibility index (Phi) is 4.29. The third kappa shape index (κ3) is 2.93. The Bertz CT molecular complexity index is 643. The van der Waals surface area contributed by atoms with Crippen molar-refractivity contribution in [3.63, 3.8) is 0 Å². The monoisotopic (exact) mass is 296 g/mol. The minimum Gasteiger partial charge on any atom is -0.494 e. The Morgan fingerprint density at radius 3 is 2.90 bits per heavy atom. The number of carboxylic acid groups (broad SMARTS) is 1. The fraction of sp³-hybridized carbons (Fsp3) is 0.231. The number of aryl methyl sites for hydroxylation is 1. The molecule has 106 valence electrons.